The summed E-state index contributed by atoms with van der Waals surface area (Å²) in [5.74, 6) is 0. The molecule has 3 rings (SSSR count). The van der Waals surface area contributed by atoms with Crippen molar-refractivity contribution < 1.29 is 0 Å². The number of nitrogens with zero attached hydrogens (tertiary/aromatic N) is 2. The monoisotopic (exact) mass is 325 g/mol. The summed E-state index contributed by atoms with van der Waals surface area (Å²) in [6, 6.07) is 17.0. The maximum Gasteiger partial charge on any atom is 0.103 e. The molecule has 1 aliphatic heterocycles. The lowest BCUT2D eigenvalue weighted by Gasteiger charge is -2.36. The van der Waals surface area contributed by atoms with Gasteiger partial charge in [0.1, 0.15) is 4.99 Å². The summed E-state index contributed by atoms with van der Waals surface area (Å²) in [5.41, 5.74) is 10.6. The molecule has 0 saturated carbocycles. The third-order valence-corrected chi connectivity index (χ3v) is 4.59. The fraction of sp³-hybridized carbons (Fsp3) is 0.316. The van der Waals surface area contributed by atoms with E-state index in [1.54, 1.807) is 0 Å². The van der Waals surface area contributed by atoms with Gasteiger partial charge in [-0.25, -0.2) is 0 Å². The van der Waals surface area contributed by atoms with Crippen LogP contribution in [0, 0.1) is 6.92 Å². The third-order valence-electron chi connectivity index (χ3n) is 4.36. The number of hydrogen-bond acceptors (Lipinski definition) is 3. The number of thiocarbonyl (C=S) groups is 1. The van der Waals surface area contributed by atoms with Crippen molar-refractivity contribution >= 4 is 22.9 Å². The Balaban J connectivity index is 1.59. The van der Waals surface area contributed by atoms with Crippen molar-refractivity contribution in [2.75, 3.05) is 31.1 Å². The molecule has 0 radical (unpaired) electrons. The number of aryl methyl sites for hydroxylation is 1. The van der Waals surface area contributed by atoms with Crippen molar-refractivity contribution in [1.82, 2.24) is 4.90 Å². The molecule has 23 heavy (non-hydrogen) atoms. The number of nitrogens with two attached hydrogens (primary N) is 1. The van der Waals surface area contributed by atoms with E-state index in [4.69, 9.17) is 18.0 Å². The van der Waals surface area contributed by atoms with Crippen LogP contribution in [0.2, 0.25) is 0 Å². The molecule has 1 saturated heterocycles. The highest BCUT2D eigenvalue weighted by Gasteiger charge is 2.17. The van der Waals surface area contributed by atoms with Crippen molar-refractivity contribution in [2.24, 2.45) is 5.73 Å². The van der Waals surface area contributed by atoms with E-state index in [1.807, 2.05) is 12.1 Å². The molecule has 1 heterocycles. The van der Waals surface area contributed by atoms with Crippen LogP contribution in [0.1, 0.15) is 16.7 Å². The van der Waals surface area contributed by atoms with Crippen LogP contribution in [0.15, 0.2) is 48.5 Å². The molecule has 1 aliphatic rings. The predicted octanol–water partition coefficient (Wildman–Crippen LogP) is 2.95. The summed E-state index contributed by atoms with van der Waals surface area (Å²) in [6.45, 7) is 7.39. The number of hydrogen-bond donors (Lipinski definition) is 1. The molecule has 1 fully saturated rings. The van der Waals surface area contributed by atoms with Gasteiger partial charge < -0.3 is 10.6 Å². The minimum atomic E-state index is 0.469. The zero-order valence-corrected chi connectivity index (χ0v) is 14.4. The van der Waals surface area contributed by atoms with Gasteiger partial charge in [0.05, 0.1) is 0 Å². The summed E-state index contributed by atoms with van der Waals surface area (Å²) in [5, 5.41) is 0. The summed E-state index contributed by atoms with van der Waals surface area (Å²) in [4.78, 5) is 5.43. The Morgan fingerprint density at radius 2 is 1.78 bits per heavy atom. The largest absolute Gasteiger partial charge is 0.389 e. The first-order valence-corrected chi connectivity index (χ1v) is 8.45. The minimum absolute atomic E-state index is 0.469. The van der Waals surface area contributed by atoms with Crippen molar-refractivity contribution in [3.8, 4) is 0 Å². The molecule has 0 atom stereocenters. The van der Waals surface area contributed by atoms with Crippen LogP contribution in [-0.4, -0.2) is 36.1 Å². The fourth-order valence-electron chi connectivity index (χ4n) is 3.07. The molecular formula is C19H23N3S. The molecule has 0 aliphatic carbocycles. The predicted molar refractivity (Wildman–Crippen MR) is 101 cm³/mol. The summed E-state index contributed by atoms with van der Waals surface area (Å²) in [6.07, 6.45) is 0. The Morgan fingerprint density at radius 3 is 2.48 bits per heavy atom. The van der Waals surface area contributed by atoms with Crippen LogP contribution < -0.4 is 10.6 Å². The quantitative estimate of drug-likeness (QED) is 0.876. The molecule has 0 unspecified atom stereocenters. The van der Waals surface area contributed by atoms with Gasteiger partial charge in [-0.1, -0.05) is 42.5 Å². The maximum absolute atomic E-state index is 5.72. The van der Waals surface area contributed by atoms with Gasteiger partial charge in [-0.2, -0.15) is 0 Å². The zero-order chi connectivity index (χ0) is 16.2. The Kier molecular flexibility index (Phi) is 4.94. The van der Waals surface area contributed by atoms with E-state index in [0.29, 0.717) is 4.99 Å². The second-order valence-corrected chi connectivity index (χ2v) is 6.61. The maximum atomic E-state index is 5.72. The van der Waals surface area contributed by atoms with Crippen LogP contribution in [0.5, 0.6) is 0 Å². The molecular weight excluding hydrogens is 302 g/mol. The second kappa shape index (κ2) is 7.11. The number of benzene rings is 2. The average Bonchev–Trinajstić information content (AvgIpc) is 2.56. The summed E-state index contributed by atoms with van der Waals surface area (Å²) < 4.78 is 0. The Hall–Kier alpha value is -1.91. The van der Waals surface area contributed by atoms with Crippen molar-refractivity contribution in [2.45, 2.75) is 13.5 Å². The SMILES string of the molecule is Cc1cccc(N2CCN(Cc3cccc(C(N)=S)c3)CC2)c1. The van der Waals surface area contributed by atoms with E-state index in [0.717, 1.165) is 38.3 Å². The second-order valence-electron chi connectivity index (χ2n) is 6.17. The molecule has 0 spiro atoms. The van der Waals surface area contributed by atoms with E-state index >= 15 is 0 Å². The molecule has 0 aromatic heterocycles. The van der Waals surface area contributed by atoms with Crippen molar-refractivity contribution in [1.29, 1.82) is 0 Å². The first-order chi connectivity index (χ1) is 11.1. The van der Waals surface area contributed by atoms with Crippen LogP contribution >= 0.6 is 12.2 Å². The molecule has 2 N–H and O–H groups in total. The van der Waals surface area contributed by atoms with Crippen LogP contribution in [0.3, 0.4) is 0 Å². The van der Waals surface area contributed by atoms with Gasteiger partial charge in [0.2, 0.25) is 0 Å². The van der Waals surface area contributed by atoms with E-state index in [-0.39, 0.29) is 0 Å². The molecule has 2 aromatic carbocycles. The lowest BCUT2D eigenvalue weighted by atomic mass is 10.1. The number of piperazine rings is 1. The Labute approximate surface area is 143 Å². The zero-order valence-electron chi connectivity index (χ0n) is 13.5. The first-order valence-electron chi connectivity index (χ1n) is 8.04. The van der Waals surface area contributed by atoms with Crippen molar-refractivity contribution in [3.05, 3.63) is 65.2 Å². The lowest BCUT2D eigenvalue weighted by molar-refractivity contribution is 0.250. The molecule has 0 bridgehead atoms. The highest BCUT2D eigenvalue weighted by atomic mass is 32.1. The topological polar surface area (TPSA) is 32.5 Å². The molecule has 0 amide bonds. The molecule has 4 heteroatoms. The van der Waals surface area contributed by atoms with Crippen molar-refractivity contribution in [3.63, 3.8) is 0 Å². The Bertz CT molecular complexity index is 691. The van der Waals surface area contributed by atoms with E-state index < -0.39 is 0 Å². The Morgan fingerprint density at radius 1 is 1.04 bits per heavy atom. The molecule has 2 aromatic rings. The lowest BCUT2D eigenvalue weighted by Crippen LogP contribution is -2.46. The standard InChI is InChI=1S/C19H23N3S/c1-15-4-2-7-18(12-15)22-10-8-21(9-11-22)14-16-5-3-6-17(13-16)19(20)23/h2-7,12-13H,8-11,14H2,1H3,(H2,20,23). The normalized spacial score (nSPS) is 15.6. The van der Waals surface area contributed by atoms with Gasteiger partial charge >= 0.3 is 0 Å². The van der Waals surface area contributed by atoms with E-state index in [2.05, 4.69) is 53.1 Å². The molecule has 3 nitrogen and oxygen atoms in total. The number of rotatable bonds is 4. The smallest absolute Gasteiger partial charge is 0.103 e. The van der Waals surface area contributed by atoms with E-state index in [1.165, 1.54) is 16.8 Å². The van der Waals surface area contributed by atoms with Gasteiger partial charge in [0, 0.05) is 44.0 Å². The summed E-state index contributed by atoms with van der Waals surface area (Å²) >= 11 is 5.06. The van der Waals surface area contributed by atoms with Gasteiger partial charge in [0.25, 0.3) is 0 Å². The first kappa shape index (κ1) is 16.0. The van der Waals surface area contributed by atoms with Gasteiger partial charge in [-0.3, -0.25) is 4.90 Å². The highest BCUT2D eigenvalue weighted by molar-refractivity contribution is 7.80. The van der Waals surface area contributed by atoms with Crippen LogP contribution in [0.4, 0.5) is 5.69 Å². The van der Waals surface area contributed by atoms with Crippen LogP contribution in [0.25, 0.3) is 0 Å². The highest BCUT2D eigenvalue weighted by Crippen LogP contribution is 2.18. The van der Waals surface area contributed by atoms with Gasteiger partial charge in [-0.15, -0.1) is 0 Å². The van der Waals surface area contributed by atoms with E-state index in [9.17, 15) is 0 Å². The van der Waals surface area contributed by atoms with Crippen LogP contribution in [-0.2, 0) is 6.54 Å². The molecule has 120 valence electrons. The number of anilines is 1. The fourth-order valence-corrected chi connectivity index (χ4v) is 3.20. The van der Waals surface area contributed by atoms with Gasteiger partial charge in [-0.05, 0) is 36.2 Å². The minimum Gasteiger partial charge on any atom is -0.389 e. The third kappa shape index (κ3) is 4.09. The van der Waals surface area contributed by atoms with Gasteiger partial charge in [0.15, 0.2) is 0 Å². The average molecular weight is 325 g/mol. The summed E-state index contributed by atoms with van der Waals surface area (Å²) in [7, 11) is 0.